The van der Waals surface area contributed by atoms with Crippen LogP contribution in [0.5, 0.6) is 11.6 Å². The predicted molar refractivity (Wildman–Crippen MR) is 99.1 cm³/mol. The molecule has 0 amide bonds. The molecule has 1 heterocycles. The van der Waals surface area contributed by atoms with E-state index < -0.39 is 4.92 Å². The van der Waals surface area contributed by atoms with E-state index in [2.05, 4.69) is 15.3 Å². The molecular weight excluding hydrogens is 332 g/mol. The van der Waals surface area contributed by atoms with Gasteiger partial charge in [-0.1, -0.05) is 24.3 Å². The number of hydrogen-bond acceptors (Lipinski definition) is 6. The van der Waals surface area contributed by atoms with Crippen molar-refractivity contribution in [1.29, 1.82) is 0 Å². The number of anilines is 2. The van der Waals surface area contributed by atoms with Gasteiger partial charge in [0.15, 0.2) is 0 Å². The van der Waals surface area contributed by atoms with Crippen LogP contribution >= 0.6 is 0 Å². The third kappa shape index (κ3) is 3.61. The van der Waals surface area contributed by atoms with Gasteiger partial charge in [0, 0.05) is 5.69 Å². The number of aromatic nitrogens is 2. The molecule has 0 atom stereocenters. The number of nitrogens with zero attached hydrogens (tertiary/aromatic N) is 3. The lowest BCUT2D eigenvalue weighted by Crippen LogP contribution is -2.04. The maximum absolute atomic E-state index is 11.6. The lowest BCUT2D eigenvalue weighted by Gasteiger charge is -2.11. The highest BCUT2D eigenvalue weighted by atomic mass is 16.6. The van der Waals surface area contributed by atoms with Gasteiger partial charge in [-0.3, -0.25) is 10.1 Å². The van der Waals surface area contributed by atoms with Crippen LogP contribution in [0, 0.1) is 30.9 Å². The lowest BCUT2D eigenvalue weighted by atomic mass is 10.1. The van der Waals surface area contributed by atoms with E-state index in [0.717, 1.165) is 22.4 Å². The molecule has 7 nitrogen and oxygen atoms in total. The molecule has 0 spiro atoms. The maximum atomic E-state index is 11.6. The second-order valence-corrected chi connectivity index (χ2v) is 5.92. The Labute approximate surface area is 150 Å². The fourth-order valence-corrected chi connectivity index (χ4v) is 2.42. The van der Waals surface area contributed by atoms with Gasteiger partial charge in [0.25, 0.3) is 0 Å². The Bertz CT molecular complexity index is 973. The van der Waals surface area contributed by atoms with Gasteiger partial charge in [-0.25, -0.2) is 4.98 Å². The normalized spacial score (nSPS) is 10.4. The van der Waals surface area contributed by atoms with Gasteiger partial charge < -0.3 is 10.1 Å². The number of hydrogen-bond donors (Lipinski definition) is 1. The fraction of sp³-hybridized carbons (Fsp3) is 0.158. The summed E-state index contributed by atoms with van der Waals surface area (Å²) in [5, 5.41) is 14.6. The second kappa shape index (κ2) is 7.18. The van der Waals surface area contributed by atoms with Gasteiger partial charge >= 0.3 is 11.6 Å². The molecule has 0 unspecified atom stereocenters. The molecular formula is C19H18N4O3. The minimum Gasteiger partial charge on any atom is -0.434 e. The summed E-state index contributed by atoms with van der Waals surface area (Å²) in [6.45, 7) is 5.83. The van der Waals surface area contributed by atoms with E-state index in [0.29, 0.717) is 5.75 Å². The van der Waals surface area contributed by atoms with Crippen molar-refractivity contribution in [2.75, 3.05) is 5.32 Å². The zero-order chi connectivity index (χ0) is 18.7. The molecule has 1 N–H and O–H groups in total. The van der Waals surface area contributed by atoms with E-state index in [1.807, 2.05) is 57.2 Å². The zero-order valence-corrected chi connectivity index (χ0v) is 14.7. The predicted octanol–water partition coefficient (Wildman–Crippen LogP) is 4.85. The molecule has 3 aromatic rings. The van der Waals surface area contributed by atoms with Crippen LogP contribution in [0.15, 0.2) is 48.8 Å². The summed E-state index contributed by atoms with van der Waals surface area (Å²) in [5.41, 5.74) is 3.49. The van der Waals surface area contributed by atoms with Crippen LogP contribution in [0.25, 0.3) is 0 Å². The molecule has 7 heteroatoms. The first-order valence-corrected chi connectivity index (χ1v) is 8.03. The highest BCUT2D eigenvalue weighted by Gasteiger charge is 2.25. The van der Waals surface area contributed by atoms with Crippen LogP contribution in [0.2, 0.25) is 0 Å². The quantitative estimate of drug-likeness (QED) is 0.523. The Kier molecular flexibility index (Phi) is 4.79. The Morgan fingerprint density at radius 1 is 1.00 bits per heavy atom. The molecule has 0 aliphatic rings. The number of nitro groups is 1. The Hall–Kier alpha value is -3.48. The standard InChI is InChI=1S/C19H18N4O3/c1-12-8-9-15(10-14(12)3)26-19-17(23(24)25)18(20-11-21-19)22-16-7-5-4-6-13(16)2/h4-11H,1-3H3,(H,20,21,22). The molecule has 3 rings (SSSR count). The van der Waals surface area contributed by atoms with Gasteiger partial charge in [0.05, 0.1) is 4.92 Å². The van der Waals surface area contributed by atoms with Crippen LogP contribution in [0.3, 0.4) is 0 Å². The molecule has 0 fully saturated rings. The van der Waals surface area contributed by atoms with Gasteiger partial charge in [0.1, 0.15) is 12.1 Å². The molecule has 1 aromatic heterocycles. The third-order valence-corrected chi connectivity index (χ3v) is 4.06. The van der Waals surface area contributed by atoms with Gasteiger partial charge in [-0.2, -0.15) is 4.98 Å². The summed E-state index contributed by atoms with van der Waals surface area (Å²) < 4.78 is 5.68. The van der Waals surface area contributed by atoms with Crippen molar-refractivity contribution in [2.24, 2.45) is 0 Å². The minimum absolute atomic E-state index is 0.0816. The maximum Gasteiger partial charge on any atom is 0.373 e. The summed E-state index contributed by atoms with van der Waals surface area (Å²) in [4.78, 5) is 19.1. The average Bonchev–Trinajstić information content (AvgIpc) is 2.60. The van der Waals surface area contributed by atoms with Crippen molar-refractivity contribution >= 4 is 17.2 Å². The number of para-hydroxylation sites is 1. The number of benzene rings is 2. The zero-order valence-electron chi connectivity index (χ0n) is 14.7. The summed E-state index contributed by atoms with van der Waals surface area (Å²) >= 11 is 0. The molecule has 2 aromatic carbocycles. The lowest BCUT2D eigenvalue weighted by molar-refractivity contribution is -0.385. The fourth-order valence-electron chi connectivity index (χ4n) is 2.42. The summed E-state index contributed by atoms with van der Waals surface area (Å²) in [6.07, 6.45) is 1.24. The van der Waals surface area contributed by atoms with Crippen LogP contribution in [-0.2, 0) is 0 Å². The summed E-state index contributed by atoms with van der Waals surface area (Å²) in [7, 11) is 0. The molecule has 26 heavy (non-hydrogen) atoms. The van der Waals surface area contributed by atoms with Gasteiger partial charge in [0.2, 0.25) is 5.82 Å². The first-order chi connectivity index (χ1) is 12.5. The van der Waals surface area contributed by atoms with Crippen molar-refractivity contribution in [3.63, 3.8) is 0 Å². The van der Waals surface area contributed by atoms with E-state index in [1.165, 1.54) is 6.33 Å². The highest BCUT2D eigenvalue weighted by Crippen LogP contribution is 2.36. The Balaban J connectivity index is 1.99. The van der Waals surface area contributed by atoms with Crippen molar-refractivity contribution in [1.82, 2.24) is 9.97 Å². The van der Waals surface area contributed by atoms with Gasteiger partial charge in [-0.15, -0.1) is 0 Å². The van der Waals surface area contributed by atoms with E-state index in [4.69, 9.17) is 4.74 Å². The van der Waals surface area contributed by atoms with Crippen LogP contribution < -0.4 is 10.1 Å². The van der Waals surface area contributed by atoms with Crippen molar-refractivity contribution in [3.8, 4) is 11.6 Å². The second-order valence-electron chi connectivity index (χ2n) is 5.92. The summed E-state index contributed by atoms with van der Waals surface area (Å²) in [6, 6.07) is 12.9. The summed E-state index contributed by atoms with van der Waals surface area (Å²) in [5.74, 6) is 0.458. The monoisotopic (exact) mass is 350 g/mol. The Morgan fingerprint density at radius 2 is 1.77 bits per heavy atom. The topological polar surface area (TPSA) is 90.2 Å². The van der Waals surface area contributed by atoms with E-state index in [9.17, 15) is 10.1 Å². The first kappa shape index (κ1) is 17.3. The van der Waals surface area contributed by atoms with Crippen molar-refractivity contribution < 1.29 is 9.66 Å². The molecule has 0 saturated heterocycles. The molecule has 132 valence electrons. The van der Waals surface area contributed by atoms with E-state index in [-0.39, 0.29) is 17.4 Å². The van der Waals surface area contributed by atoms with E-state index >= 15 is 0 Å². The Morgan fingerprint density at radius 3 is 2.46 bits per heavy atom. The number of ether oxygens (including phenoxy) is 1. The number of rotatable bonds is 5. The van der Waals surface area contributed by atoms with Crippen LogP contribution in [0.1, 0.15) is 16.7 Å². The minimum atomic E-state index is -0.545. The molecule has 0 radical (unpaired) electrons. The molecule has 0 aliphatic carbocycles. The van der Waals surface area contributed by atoms with E-state index in [1.54, 1.807) is 6.07 Å². The smallest absolute Gasteiger partial charge is 0.373 e. The molecule has 0 aliphatic heterocycles. The molecule has 0 bridgehead atoms. The first-order valence-electron chi connectivity index (χ1n) is 8.03. The molecule has 0 saturated carbocycles. The van der Waals surface area contributed by atoms with Crippen LogP contribution in [0.4, 0.5) is 17.2 Å². The van der Waals surface area contributed by atoms with Gasteiger partial charge in [-0.05, 0) is 55.7 Å². The number of aryl methyl sites for hydroxylation is 3. The SMILES string of the molecule is Cc1ccc(Oc2ncnc(Nc3ccccc3C)c2[N+](=O)[O-])cc1C. The average molecular weight is 350 g/mol. The largest absolute Gasteiger partial charge is 0.434 e. The van der Waals surface area contributed by atoms with Crippen molar-refractivity contribution in [2.45, 2.75) is 20.8 Å². The third-order valence-electron chi connectivity index (χ3n) is 4.06. The number of nitrogens with one attached hydrogen (secondary N) is 1. The van der Waals surface area contributed by atoms with Crippen molar-refractivity contribution in [3.05, 3.63) is 75.6 Å². The highest BCUT2D eigenvalue weighted by molar-refractivity contribution is 5.70. The van der Waals surface area contributed by atoms with Crippen LogP contribution in [-0.4, -0.2) is 14.9 Å².